The van der Waals surface area contributed by atoms with Crippen molar-refractivity contribution in [3.63, 3.8) is 0 Å². The predicted octanol–water partition coefficient (Wildman–Crippen LogP) is 3.45. The van der Waals surface area contributed by atoms with E-state index in [4.69, 9.17) is 33.5 Å². The highest BCUT2D eigenvalue weighted by atomic mass is 35.5. The maximum Gasteiger partial charge on any atom is 0.240 e. The normalized spacial score (nSPS) is 12.3. The number of hydrogen-bond donors (Lipinski definition) is 1. The van der Waals surface area contributed by atoms with Gasteiger partial charge in [0.2, 0.25) is 5.89 Å². The third-order valence-corrected chi connectivity index (χ3v) is 3.71. The van der Waals surface area contributed by atoms with Crippen LogP contribution in [0.15, 0.2) is 22.7 Å². The van der Waals surface area contributed by atoms with Crippen LogP contribution in [0.25, 0.3) is 0 Å². The number of nitrogens with two attached hydrogens (primary N) is 1. The lowest BCUT2D eigenvalue weighted by Crippen LogP contribution is -2.22. The smallest absolute Gasteiger partial charge is 0.240 e. The van der Waals surface area contributed by atoms with E-state index in [1.165, 1.54) is 0 Å². The van der Waals surface area contributed by atoms with Gasteiger partial charge in [-0.05, 0) is 31.7 Å². The molecule has 0 aliphatic carbocycles. The summed E-state index contributed by atoms with van der Waals surface area (Å²) in [6.07, 6.45) is 0. The van der Waals surface area contributed by atoms with E-state index in [1.54, 1.807) is 6.07 Å². The molecule has 21 heavy (non-hydrogen) atoms. The number of benzene rings is 1. The van der Waals surface area contributed by atoms with Crippen molar-refractivity contribution in [1.82, 2.24) is 15.0 Å². The summed E-state index contributed by atoms with van der Waals surface area (Å²) in [5.41, 5.74) is 6.44. The number of rotatable bonds is 5. The van der Waals surface area contributed by atoms with Crippen LogP contribution in [0.4, 0.5) is 0 Å². The molecule has 0 bridgehead atoms. The number of halogens is 3. The average molecular weight is 352 g/mol. The average Bonchev–Trinajstić information content (AvgIpc) is 2.85. The second kappa shape index (κ2) is 7.96. The number of hydrogen-bond acceptors (Lipinski definition) is 5. The fourth-order valence-electron chi connectivity index (χ4n) is 1.88. The van der Waals surface area contributed by atoms with Crippen LogP contribution < -0.4 is 5.73 Å². The van der Waals surface area contributed by atoms with Gasteiger partial charge in [-0.1, -0.05) is 34.4 Å². The Morgan fingerprint density at radius 1 is 1.38 bits per heavy atom. The van der Waals surface area contributed by atoms with Crippen molar-refractivity contribution >= 4 is 35.6 Å². The molecule has 0 saturated carbocycles. The second-order valence-corrected chi connectivity index (χ2v) is 5.41. The first-order chi connectivity index (χ1) is 9.51. The highest BCUT2D eigenvalue weighted by Crippen LogP contribution is 2.29. The van der Waals surface area contributed by atoms with Crippen LogP contribution in [0, 0.1) is 0 Å². The molecule has 0 aliphatic heterocycles. The van der Waals surface area contributed by atoms with Gasteiger partial charge in [0.05, 0.1) is 13.1 Å². The van der Waals surface area contributed by atoms with Gasteiger partial charge in [0.15, 0.2) is 5.82 Å². The molecule has 1 unspecified atom stereocenters. The Labute approximate surface area is 139 Å². The lowest BCUT2D eigenvalue weighted by atomic mass is 10.1. The minimum absolute atomic E-state index is 0. The zero-order valence-electron chi connectivity index (χ0n) is 11.7. The third-order valence-electron chi connectivity index (χ3n) is 3.15. The van der Waals surface area contributed by atoms with Crippen LogP contribution in [0.3, 0.4) is 0 Å². The summed E-state index contributed by atoms with van der Waals surface area (Å²) < 4.78 is 4.98. The van der Waals surface area contributed by atoms with Gasteiger partial charge in [0.1, 0.15) is 0 Å². The predicted molar refractivity (Wildman–Crippen MR) is 85.8 cm³/mol. The van der Waals surface area contributed by atoms with Gasteiger partial charge in [-0.25, -0.2) is 0 Å². The van der Waals surface area contributed by atoms with E-state index in [0.29, 0.717) is 28.3 Å². The molecule has 5 nitrogen and oxygen atoms in total. The van der Waals surface area contributed by atoms with E-state index in [9.17, 15) is 0 Å². The lowest BCUT2D eigenvalue weighted by Gasteiger charge is -2.24. The summed E-state index contributed by atoms with van der Waals surface area (Å²) in [4.78, 5) is 6.25. The molecular weight excluding hydrogens is 335 g/mol. The zero-order valence-corrected chi connectivity index (χ0v) is 14.0. The van der Waals surface area contributed by atoms with E-state index in [1.807, 2.05) is 19.2 Å². The van der Waals surface area contributed by atoms with Crippen molar-refractivity contribution in [2.24, 2.45) is 5.73 Å². The highest BCUT2D eigenvalue weighted by Gasteiger charge is 2.17. The summed E-state index contributed by atoms with van der Waals surface area (Å²) >= 11 is 12.1. The molecule has 1 aromatic carbocycles. The summed E-state index contributed by atoms with van der Waals surface area (Å²) in [7, 11) is 1.97. The molecule has 1 atom stereocenters. The second-order valence-electron chi connectivity index (χ2n) is 4.57. The largest absolute Gasteiger partial charge is 0.338 e. The molecule has 2 rings (SSSR count). The summed E-state index contributed by atoms with van der Waals surface area (Å²) in [6, 6.07) is 5.59. The molecule has 2 N–H and O–H groups in total. The minimum atomic E-state index is 0. The molecule has 0 spiro atoms. The maximum absolute atomic E-state index is 6.22. The van der Waals surface area contributed by atoms with Gasteiger partial charge in [0.25, 0.3) is 0 Å². The van der Waals surface area contributed by atoms with Crippen molar-refractivity contribution < 1.29 is 4.52 Å². The van der Waals surface area contributed by atoms with E-state index in [0.717, 1.165) is 5.56 Å². The topological polar surface area (TPSA) is 68.2 Å². The van der Waals surface area contributed by atoms with Gasteiger partial charge < -0.3 is 10.3 Å². The molecule has 1 heterocycles. The van der Waals surface area contributed by atoms with Crippen LogP contribution in [0.1, 0.15) is 30.2 Å². The minimum Gasteiger partial charge on any atom is -0.338 e. The van der Waals surface area contributed by atoms with Gasteiger partial charge in [-0.15, -0.1) is 12.4 Å². The van der Waals surface area contributed by atoms with E-state index in [-0.39, 0.29) is 25.0 Å². The van der Waals surface area contributed by atoms with Gasteiger partial charge in [-0.2, -0.15) is 4.98 Å². The van der Waals surface area contributed by atoms with E-state index >= 15 is 0 Å². The monoisotopic (exact) mass is 350 g/mol. The molecule has 0 radical (unpaired) electrons. The molecule has 0 saturated heterocycles. The van der Waals surface area contributed by atoms with Gasteiger partial charge >= 0.3 is 0 Å². The first-order valence-electron chi connectivity index (χ1n) is 6.18. The van der Waals surface area contributed by atoms with Crippen molar-refractivity contribution in [1.29, 1.82) is 0 Å². The van der Waals surface area contributed by atoms with E-state index < -0.39 is 0 Å². The number of nitrogens with zero attached hydrogens (tertiary/aromatic N) is 3. The van der Waals surface area contributed by atoms with Crippen molar-refractivity contribution in [3.8, 4) is 0 Å². The summed E-state index contributed by atoms with van der Waals surface area (Å²) in [5.74, 6) is 1.04. The fraction of sp³-hybridized carbons (Fsp3) is 0.385. The third kappa shape index (κ3) is 4.56. The van der Waals surface area contributed by atoms with Crippen molar-refractivity contribution in [2.45, 2.75) is 26.1 Å². The zero-order chi connectivity index (χ0) is 14.7. The van der Waals surface area contributed by atoms with Crippen LogP contribution >= 0.6 is 35.6 Å². The molecule has 116 valence electrons. The van der Waals surface area contributed by atoms with Crippen LogP contribution in [0.5, 0.6) is 0 Å². The first kappa shape index (κ1) is 18.2. The Balaban J connectivity index is 0.00000220. The lowest BCUT2D eigenvalue weighted by molar-refractivity contribution is 0.242. The fourth-order valence-corrected chi connectivity index (χ4v) is 2.44. The van der Waals surface area contributed by atoms with Gasteiger partial charge in [0, 0.05) is 16.1 Å². The van der Waals surface area contributed by atoms with Crippen LogP contribution in [-0.4, -0.2) is 22.1 Å². The Morgan fingerprint density at radius 3 is 2.67 bits per heavy atom. The summed E-state index contributed by atoms with van der Waals surface area (Å²) in [6.45, 7) is 2.85. The van der Waals surface area contributed by atoms with Crippen molar-refractivity contribution in [2.75, 3.05) is 7.05 Å². The standard InChI is InChI=1S/C13H16Cl2N4O.ClH/c1-8(10-4-3-9(14)5-11(10)15)19(2)7-12-17-13(6-16)20-18-12;/h3-5,8H,6-7,16H2,1-2H3;1H. The Bertz CT molecular complexity index is 591. The van der Waals surface area contributed by atoms with Crippen LogP contribution in [0.2, 0.25) is 10.0 Å². The Hall–Kier alpha value is -0.850. The number of aromatic nitrogens is 2. The Morgan fingerprint density at radius 2 is 2.10 bits per heavy atom. The van der Waals surface area contributed by atoms with Crippen molar-refractivity contribution in [3.05, 3.63) is 45.5 Å². The van der Waals surface area contributed by atoms with Crippen LogP contribution in [-0.2, 0) is 13.1 Å². The molecule has 0 aliphatic rings. The quantitative estimate of drug-likeness (QED) is 0.893. The molecule has 0 fully saturated rings. The molecular formula is C13H17Cl3N4O. The Kier molecular flexibility index (Phi) is 6.90. The maximum atomic E-state index is 6.22. The highest BCUT2D eigenvalue weighted by molar-refractivity contribution is 6.35. The molecule has 0 amide bonds. The molecule has 8 heteroatoms. The van der Waals surface area contributed by atoms with E-state index in [2.05, 4.69) is 22.0 Å². The molecule has 1 aromatic heterocycles. The summed E-state index contributed by atoms with van der Waals surface area (Å²) in [5, 5.41) is 5.15. The molecule has 2 aromatic rings. The van der Waals surface area contributed by atoms with Gasteiger partial charge in [-0.3, -0.25) is 4.90 Å². The first-order valence-corrected chi connectivity index (χ1v) is 6.93. The SMILES string of the molecule is CC(c1ccc(Cl)cc1Cl)N(C)Cc1noc(CN)n1.Cl.